The van der Waals surface area contributed by atoms with Crippen molar-refractivity contribution in [1.82, 2.24) is 19.9 Å². The number of nitrogens with zero attached hydrogens (tertiary/aromatic N) is 3. The predicted molar refractivity (Wildman–Crippen MR) is 170 cm³/mol. The summed E-state index contributed by atoms with van der Waals surface area (Å²) in [5.74, 6) is 0.0871. The molecule has 0 amide bonds. The Morgan fingerprint density at radius 2 is 1.93 bits per heavy atom. The van der Waals surface area contributed by atoms with Crippen molar-refractivity contribution in [3.63, 3.8) is 0 Å². The number of β-amino-alcohol motifs (C(OH)–C–C–N with tert-alkyl or cyclic N) is 1. The molecule has 7 nitrogen and oxygen atoms in total. The average molecular weight is 677 g/mol. The van der Waals surface area contributed by atoms with Crippen LogP contribution in [0.2, 0.25) is 25.7 Å². The van der Waals surface area contributed by atoms with E-state index in [0.29, 0.717) is 49.1 Å². The van der Waals surface area contributed by atoms with Crippen molar-refractivity contribution in [1.29, 1.82) is 0 Å². The van der Waals surface area contributed by atoms with E-state index in [4.69, 9.17) is 4.74 Å². The first-order valence-electron chi connectivity index (χ1n) is 14.4. The summed E-state index contributed by atoms with van der Waals surface area (Å²) in [5, 5.41) is 14.0. The van der Waals surface area contributed by atoms with Crippen LogP contribution in [0, 0.1) is 0 Å². The van der Waals surface area contributed by atoms with Gasteiger partial charge in [-0.05, 0) is 29.7 Å². The number of benzene rings is 2. The lowest BCUT2D eigenvalue weighted by Crippen LogP contribution is -2.48. The number of aromatic nitrogens is 3. The number of aromatic amines is 1. The number of fused-ring (bicyclic) bond motifs is 1. The normalized spacial score (nSPS) is 19.1. The Morgan fingerprint density at radius 1 is 1.16 bits per heavy atom. The van der Waals surface area contributed by atoms with Crippen LogP contribution in [-0.4, -0.2) is 64.9 Å². The second kappa shape index (κ2) is 13.1. The number of rotatable bonds is 10. The summed E-state index contributed by atoms with van der Waals surface area (Å²) in [6, 6.07) is 16.3. The Kier molecular flexibility index (Phi) is 9.62. The standard InChI is InChI=1S/C31H37BrF3N5O2Si/c1-43(2,3)12-11-42-29(32)21-9-10-24-25(15-36-27(24)13-21)28-26(31(33,34)35)16-37-30(39-28)38-22-14-23(41)19-40(18-22)17-20-7-5-4-6-8-20/h4-10,13,15-16,22-23,29,36,41H,11-12,14,17-19H2,1-3H3,(H,37,38,39). The zero-order valence-corrected chi connectivity index (χ0v) is 27.0. The molecule has 0 radical (unpaired) electrons. The van der Waals surface area contributed by atoms with Gasteiger partial charge >= 0.3 is 6.18 Å². The van der Waals surface area contributed by atoms with E-state index in [-0.39, 0.29) is 22.7 Å². The highest BCUT2D eigenvalue weighted by atomic mass is 79.9. The van der Waals surface area contributed by atoms with E-state index in [2.05, 4.69) is 60.7 Å². The second-order valence-corrected chi connectivity index (χ2v) is 18.8. The van der Waals surface area contributed by atoms with Gasteiger partial charge in [0.15, 0.2) is 0 Å². The molecule has 1 aliphatic heterocycles. The number of likely N-dealkylation sites (tertiary alicyclic amines) is 1. The molecule has 2 aromatic carbocycles. The molecule has 3 unspecified atom stereocenters. The predicted octanol–water partition coefficient (Wildman–Crippen LogP) is 7.44. The number of aliphatic hydroxyl groups excluding tert-OH is 1. The van der Waals surface area contributed by atoms with Crippen LogP contribution in [0.1, 0.15) is 28.1 Å². The van der Waals surface area contributed by atoms with Gasteiger partial charge in [0.2, 0.25) is 5.95 Å². The number of alkyl halides is 4. The van der Waals surface area contributed by atoms with Crippen LogP contribution in [0.3, 0.4) is 0 Å². The highest BCUT2D eigenvalue weighted by Gasteiger charge is 2.36. The van der Waals surface area contributed by atoms with Crippen molar-refractivity contribution >= 4 is 40.9 Å². The lowest BCUT2D eigenvalue weighted by molar-refractivity contribution is -0.137. The van der Waals surface area contributed by atoms with Gasteiger partial charge < -0.3 is 20.1 Å². The first-order valence-corrected chi connectivity index (χ1v) is 19.0. The number of nitrogens with one attached hydrogen (secondary N) is 2. The second-order valence-electron chi connectivity index (χ2n) is 12.4. The van der Waals surface area contributed by atoms with Gasteiger partial charge in [0.1, 0.15) is 10.6 Å². The van der Waals surface area contributed by atoms with Crippen LogP contribution in [0.25, 0.3) is 22.2 Å². The van der Waals surface area contributed by atoms with Crippen molar-refractivity contribution in [2.24, 2.45) is 0 Å². The third-order valence-corrected chi connectivity index (χ3v) is 10.0. The SMILES string of the molecule is C[Si](C)(C)CCOC(Br)c1ccc2c(-c3nc(NC4CC(O)CN(Cc5ccccc5)C4)ncc3C(F)(F)F)c[nH]c2c1. The number of ether oxygens (including phenoxy) is 1. The quantitative estimate of drug-likeness (QED) is 0.120. The van der Waals surface area contributed by atoms with Crippen LogP contribution >= 0.6 is 15.9 Å². The summed E-state index contributed by atoms with van der Waals surface area (Å²) in [7, 11) is -1.24. The molecule has 1 aliphatic rings. The molecule has 230 valence electrons. The van der Waals surface area contributed by atoms with E-state index >= 15 is 0 Å². The molecule has 0 spiro atoms. The summed E-state index contributed by atoms with van der Waals surface area (Å²) in [4.78, 5) is 13.7. The average Bonchev–Trinajstić information content (AvgIpc) is 3.35. The molecule has 1 saturated heterocycles. The number of hydrogen-bond donors (Lipinski definition) is 3. The van der Waals surface area contributed by atoms with Crippen LogP contribution in [0.15, 0.2) is 60.9 Å². The molecule has 0 aliphatic carbocycles. The zero-order valence-electron chi connectivity index (χ0n) is 24.5. The Bertz CT molecular complexity index is 1530. The minimum Gasteiger partial charge on any atom is -0.392 e. The minimum absolute atomic E-state index is 0.0871. The maximum absolute atomic E-state index is 14.1. The van der Waals surface area contributed by atoms with Gasteiger partial charge in [-0.15, -0.1) is 0 Å². The fourth-order valence-electron chi connectivity index (χ4n) is 5.33. The Balaban J connectivity index is 1.38. The van der Waals surface area contributed by atoms with E-state index in [9.17, 15) is 18.3 Å². The fraction of sp³-hybridized carbons (Fsp3) is 0.419. The third-order valence-electron chi connectivity index (χ3n) is 7.52. The molecule has 1 fully saturated rings. The molecule has 4 aromatic rings. The fourth-order valence-corrected chi connectivity index (χ4v) is 6.53. The molecule has 3 heterocycles. The monoisotopic (exact) mass is 675 g/mol. The van der Waals surface area contributed by atoms with Crippen molar-refractivity contribution < 1.29 is 23.0 Å². The lowest BCUT2D eigenvalue weighted by Gasteiger charge is -2.36. The van der Waals surface area contributed by atoms with E-state index in [1.54, 1.807) is 12.3 Å². The van der Waals surface area contributed by atoms with E-state index in [1.165, 1.54) is 0 Å². The van der Waals surface area contributed by atoms with Crippen molar-refractivity contribution in [3.8, 4) is 11.3 Å². The molecule has 3 atom stereocenters. The molecule has 0 bridgehead atoms. The van der Waals surface area contributed by atoms with E-state index < -0.39 is 25.9 Å². The number of halogens is 4. The largest absolute Gasteiger partial charge is 0.419 e. The van der Waals surface area contributed by atoms with Gasteiger partial charge in [-0.1, -0.05) is 78.0 Å². The van der Waals surface area contributed by atoms with Gasteiger partial charge in [0.25, 0.3) is 0 Å². The first-order chi connectivity index (χ1) is 20.4. The molecule has 43 heavy (non-hydrogen) atoms. The topological polar surface area (TPSA) is 86.3 Å². The number of aliphatic hydroxyl groups is 1. The molecule has 2 aromatic heterocycles. The molecule has 12 heteroatoms. The molecular formula is C31H37BrF3N5O2Si. The van der Waals surface area contributed by atoms with Gasteiger partial charge in [0.05, 0.1) is 11.8 Å². The van der Waals surface area contributed by atoms with Crippen molar-refractivity contribution in [3.05, 3.63) is 77.6 Å². The zero-order chi connectivity index (χ0) is 30.8. The Morgan fingerprint density at radius 3 is 2.65 bits per heavy atom. The van der Waals surface area contributed by atoms with Gasteiger partial charge in [0, 0.05) is 69.2 Å². The van der Waals surface area contributed by atoms with Gasteiger partial charge in [-0.25, -0.2) is 9.97 Å². The minimum atomic E-state index is -4.64. The van der Waals surface area contributed by atoms with Gasteiger partial charge in [-0.3, -0.25) is 4.90 Å². The molecule has 5 rings (SSSR count). The number of hydrogen-bond acceptors (Lipinski definition) is 6. The summed E-state index contributed by atoms with van der Waals surface area (Å²) in [6.45, 7) is 9.26. The van der Waals surface area contributed by atoms with Crippen LogP contribution in [0.4, 0.5) is 19.1 Å². The number of H-pyrrole nitrogens is 1. The first kappa shape index (κ1) is 31.6. The molecule has 3 N–H and O–H groups in total. The van der Waals surface area contributed by atoms with Crippen molar-refractivity contribution in [2.45, 2.75) is 62.0 Å². The molecular weight excluding hydrogens is 639 g/mol. The van der Waals surface area contributed by atoms with Crippen LogP contribution < -0.4 is 5.32 Å². The smallest absolute Gasteiger partial charge is 0.392 e. The van der Waals surface area contributed by atoms with Crippen LogP contribution in [-0.2, 0) is 17.5 Å². The maximum Gasteiger partial charge on any atom is 0.419 e. The maximum atomic E-state index is 14.1. The summed E-state index contributed by atoms with van der Waals surface area (Å²) in [5.41, 5.74) is 1.89. The number of piperidine rings is 1. The lowest BCUT2D eigenvalue weighted by atomic mass is 10.0. The highest BCUT2D eigenvalue weighted by Crippen LogP contribution is 2.39. The summed E-state index contributed by atoms with van der Waals surface area (Å²) >= 11 is 3.59. The van der Waals surface area contributed by atoms with E-state index in [1.807, 2.05) is 42.5 Å². The Hall–Kier alpha value is -2.77. The van der Waals surface area contributed by atoms with Crippen LogP contribution in [0.5, 0.6) is 0 Å². The Labute approximate surface area is 259 Å². The van der Waals surface area contributed by atoms with E-state index in [0.717, 1.165) is 23.4 Å². The highest BCUT2D eigenvalue weighted by molar-refractivity contribution is 9.09. The van der Waals surface area contributed by atoms with Gasteiger partial charge in [-0.2, -0.15) is 13.2 Å². The molecule has 0 saturated carbocycles. The third kappa shape index (κ3) is 8.24. The summed E-state index contributed by atoms with van der Waals surface area (Å²) < 4.78 is 48.4. The summed E-state index contributed by atoms with van der Waals surface area (Å²) in [6.07, 6.45) is -2.40. The number of anilines is 1. The van der Waals surface area contributed by atoms with Crippen molar-refractivity contribution in [2.75, 3.05) is 25.0 Å².